The summed E-state index contributed by atoms with van der Waals surface area (Å²) in [6.07, 6.45) is 1.89. The Morgan fingerprint density at radius 1 is 1.22 bits per heavy atom. The van der Waals surface area contributed by atoms with E-state index in [0.717, 1.165) is 0 Å². The van der Waals surface area contributed by atoms with Gasteiger partial charge in [0, 0.05) is 11.8 Å². The van der Waals surface area contributed by atoms with Crippen molar-refractivity contribution in [3.05, 3.63) is 0 Å². The molecule has 1 fully saturated rings. The molecule has 1 aliphatic carbocycles. The second-order valence-electron chi connectivity index (χ2n) is 5.07. The lowest BCUT2D eigenvalue weighted by molar-refractivity contribution is -0.145. The fourth-order valence-electron chi connectivity index (χ4n) is 2.12. The molecule has 18 heavy (non-hydrogen) atoms. The number of rotatable bonds is 5. The quantitative estimate of drug-likeness (QED) is 0.741. The van der Waals surface area contributed by atoms with Crippen molar-refractivity contribution >= 4 is 17.7 Å². The van der Waals surface area contributed by atoms with Gasteiger partial charge < -0.3 is 10.1 Å². The Hall–Kier alpha value is -1.39. The maximum atomic E-state index is 11.8. The van der Waals surface area contributed by atoms with Gasteiger partial charge in [-0.3, -0.25) is 14.4 Å². The van der Waals surface area contributed by atoms with E-state index in [2.05, 4.69) is 10.1 Å². The maximum absolute atomic E-state index is 11.8. The summed E-state index contributed by atoms with van der Waals surface area (Å²) in [6.45, 7) is 3.69. The van der Waals surface area contributed by atoms with E-state index in [9.17, 15) is 14.4 Å². The molecule has 1 saturated carbocycles. The number of carbonyl (C=O) groups is 3. The van der Waals surface area contributed by atoms with Crippen LogP contribution in [0.1, 0.15) is 33.1 Å². The van der Waals surface area contributed by atoms with E-state index >= 15 is 0 Å². The van der Waals surface area contributed by atoms with Crippen LogP contribution in [0, 0.1) is 17.8 Å². The van der Waals surface area contributed by atoms with Gasteiger partial charge in [-0.2, -0.15) is 0 Å². The van der Waals surface area contributed by atoms with Gasteiger partial charge >= 0.3 is 5.97 Å². The minimum atomic E-state index is -0.247. The van der Waals surface area contributed by atoms with E-state index in [1.54, 1.807) is 13.8 Å². The number of hydrogen-bond acceptors (Lipinski definition) is 4. The second-order valence-corrected chi connectivity index (χ2v) is 5.07. The fourth-order valence-corrected chi connectivity index (χ4v) is 2.12. The maximum Gasteiger partial charge on any atom is 0.308 e. The fraction of sp³-hybridized carbons (Fsp3) is 0.769. The molecule has 1 aliphatic rings. The Morgan fingerprint density at radius 2 is 1.83 bits per heavy atom. The highest BCUT2D eigenvalue weighted by Crippen LogP contribution is 2.31. The number of carbonyl (C=O) groups excluding carboxylic acids is 3. The molecule has 5 nitrogen and oxygen atoms in total. The first-order valence-electron chi connectivity index (χ1n) is 6.34. The molecule has 1 rings (SSSR count). The molecular formula is C13H21NO4. The van der Waals surface area contributed by atoms with Crippen LogP contribution < -0.4 is 5.32 Å². The molecule has 0 spiro atoms. The van der Waals surface area contributed by atoms with Crippen molar-refractivity contribution in [2.45, 2.75) is 33.1 Å². The van der Waals surface area contributed by atoms with E-state index in [0.29, 0.717) is 19.3 Å². The Bertz CT molecular complexity index is 338. The van der Waals surface area contributed by atoms with Gasteiger partial charge in [-0.25, -0.2) is 0 Å². The van der Waals surface area contributed by atoms with Crippen molar-refractivity contribution < 1.29 is 19.1 Å². The summed E-state index contributed by atoms with van der Waals surface area (Å²) < 4.78 is 4.67. The number of Topliss-reactive ketones (excluding diaryl/α,β-unsaturated/α-hetero) is 1. The molecule has 102 valence electrons. The molecule has 0 aromatic rings. The molecule has 2 unspecified atom stereocenters. The molecule has 0 saturated heterocycles. The van der Waals surface area contributed by atoms with Gasteiger partial charge in [-0.1, -0.05) is 13.8 Å². The molecule has 2 atom stereocenters. The molecule has 0 heterocycles. The normalized spacial score (nSPS) is 22.9. The van der Waals surface area contributed by atoms with Crippen LogP contribution in [-0.4, -0.2) is 31.3 Å². The third-order valence-corrected chi connectivity index (χ3v) is 3.42. The predicted octanol–water partition coefficient (Wildman–Crippen LogP) is 0.917. The SMILES string of the molecule is COC(=O)C1CCC(C(=O)NCC(=O)C(C)C)C1. The summed E-state index contributed by atoms with van der Waals surface area (Å²) in [7, 11) is 1.36. The van der Waals surface area contributed by atoms with E-state index in [1.165, 1.54) is 7.11 Å². The number of hydrogen-bond donors (Lipinski definition) is 1. The zero-order valence-corrected chi connectivity index (χ0v) is 11.2. The summed E-state index contributed by atoms with van der Waals surface area (Å²) >= 11 is 0. The average molecular weight is 255 g/mol. The van der Waals surface area contributed by atoms with Crippen LogP contribution in [0.5, 0.6) is 0 Å². The van der Waals surface area contributed by atoms with Crippen molar-refractivity contribution in [3.63, 3.8) is 0 Å². The number of ether oxygens (including phenoxy) is 1. The van der Waals surface area contributed by atoms with Gasteiger partial charge in [-0.05, 0) is 19.3 Å². The van der Waals surface area contributed by atoms with E-state index < -0.39 is 0 Å². The van der Waals surface area contributed by atoms with Crippen LogP contribution in [0.15, 0.2) is 0 Å². The van der Waals surface area contributed by atoms with Crippen molar-refractivity contribution in [1.29, 1.82) is 0 Å². The summed E-state index contributed by atoms with van der Waals surface area (Å²) in [5.74, 6) is -0.776. The first-order chi connectivity index (χ1) is 8.45. The number of methoxy groups -OCH3 is 1. The topological polar surface area (TPSA) is 72.5 Å². The lowest BCUT2D eigenvalue weighted by Gasteiger charge is -2.11. The zero-order valence-electron chi connectivity index (χ0n) is 11.2. The van der Waals surface area contributed by atoms with E-state index in [-0.39, 0.29) is 42.0 Å². The summed E-state index contributed by atoms with van der Waals surface area (Å²) in [5.41, 5.74) is 0. The van der Waals surface area contributed by atoms with Gasteiger partial charge in [0.15, 0.2) is 5.78 Å². The molecular weight excluding hydrogens is 234 g/mol. The molecule has 0 aliphatic heterocycles. The van der Waals surface area contributed by atoms with Crippen LogP contribution in [0.3, 0.4) is 0 Å². The Labute approximate surface area is 107 Å². The summed E-state index contributed by atoms with van der Waals surface area (Å²) in [5, 5.41) is 2.64. The Kier molecular flexibility index (Phi) is 5.31. The lowest BCUT2D eigenvalue weighted by Crippen LogP contribution is -2.35. The molecule has 0 aromatic heterocycles. The number of nitrogens with one attached hydrogen (secondary N) is 1. The van der Waals surface area contributed by atoms with Crippen LogP contribution in [0.25, 0.3) is 0 Å². The highest BCUT2D eigenvalue weighted by Gasteiger charge is 2.34. The molecule has 5 heteroatoms. The van der Waals surface area contributed by atoms with Crippen LogP contribution in [-0.2, 0) is 19.1 Å². The van der Waals surface area contributed by atoms with Gasteiger partial charge in [0.1, 0.15) is 0 Å². The van der Waals surface area contributed by atoms with Gasteiger partial charge in [0.2, 0.25) is 5.91 Å². The number of amides is 1. The van der Waals surface area contributed by atoms with Crippen LogP contribution in [0.4, 0.5) is 0 Å². The lowest BCUT2D eigenvalue weighted by atomic mass is 10.0. The highest BCUT2D eigenvalue weighted by atomic mass is 16.5. The van der Waals surface area contributed by atoms with Crippen molar-refractivity contribution in [2.24, 2.45) is 17.8 Å². The van der Waals surface area contributed by atoms with Gasteiger partial charge in [-0.15, -0.1) is 0 Å². The number of esters is 1. The third-order valence-electron chi connectivity index (χ3n) is 3.42. The minimum absolute atomic E-state index is 0.0193. The second kappa shape index (κ2) is 6.52. The Balaban J connectivity index is 2.36. The predicted molar refractivity (Wildman–Crippen MR) is 65.7 cm³/mol. The minimum Gasteiger partial charge on any atom is -0.469 e. The molecule has 1 N–H and O–H groups in total. The largest absolute Gasteiger partial charge is 0.469 e. The van der Waals surface area contributed by atoms with E-state index in [4.69, 9.17) is 0 Å². The van der Waals surface area contributed by atoms with Gasteiger partial charge in [0.25, 0.3) is 0 Å². The highest BCUT2D eigenvalue weighted by molar-refractivity contribution is 5.88. The summed E-state index contributed by atoms with van der Waals surface area (Å²) in [6, 6.07) is 0. The smallest absolute Gasteiger partial charge is 0.308 e. The Morgan fingerprint density at radius 3 is 2.39 bits per heavy atom. The molecule has 0 bridgehead atoms. The van der Waals surface area contributed by atoms with Crippen LogP contribution >= 0.6 is 0 Å². The van der Waals surface area contributed by atoms with Crippen molar-refractivity contribution in [1.82, 2.24) is 5.32 Å². The summed E-state index contributed by atoms with van der Waals surface area (Å²) in [4.78, 5) is 34.5. The first kappa shape index (κ1) is 14.7. The monoisotopic (exact) mass is 255 g/mol. The van der Waals surface area contributed by atoms with Crippen LogP contribution in [0.2, 0.25) is 0 Å². The molecule has 0 radical (unpaired) electrons. The molecule has 1 amide bonds. The van der Waals surface area contributed by atoms with Crippen molar-refractivity contribution in [3.8, 4) is 0 Å². The first-order valence-corrected chi connectivity index (χ1v) is 6.34. The number of ketones is 1. The zero-order chi connectivity index (χ0) is 13.7. The van der Waals surface area contributed by atoms with Crippen molar-refractivity contribution in [2.75, 3.05) is 13.7 Å². The average Bonchev–Trinajstić information content (AvgIpc) is 2.83. The van der Waals surface area contributed by atoms with E-state index in [1.807, 2.05) is 0 Å². The third kappa shape index (κ3) is 3.82. The van der Waals surface area contributed by atoms with Gasteiger partial charge in [0.05, 0.1) is 19.6 Å². The molecule has 0 aromatic carbocycles. The standard InChI is InChI=1S/C13H21NO4/c1-8(2)11(15)7-14-12(16)9-4-5-10(6-9)13(17)18-3/h8-10H,4-7H2,1-3H3,(H,14,16).